The first-order valence-electron chi connectivity index (χ1n) is 7.43. The van der Waals surface area contributed by atoms with Crippen LogP contribution in [0, 0.1) is 5.92 Å². The van der Waals surface area contributed by atoms with Crippen molar-refractivity contribution in [3.63, 3.8) is 0 Å². The van der Waals surface area contributed by atoms with Crippen LogP contribution >= 0.6 is 0 Å². The summed E-state index contributed by atoms with van der Waals surface area (Å²) in [6, 6.07) is 7.38. The van der Waals surface area contributed by atoms with E-state index in [1.165, 1.54) is 0 Å². The van der Waals surface area contributed by atoms with Gasteiger partial charge in [0.05, 0.1) is 13.3 Å². The number of H-pyrrole nitrogens is 1. The third-order valence-corrected chi connectivity index (χ3v) is 3.40. The number of rotatable bonds is 5. The lowest BCUT2D eigenvalue weighted by atomic mass is 10.2. The Balaban J connectivity index is 1.95. The van der Waals surface area contributed by atoms with Crippen molar-refractivity contribution >= 4 is 22.7 Å². The number of methoxy groups -OCH3 is 1. The molecule has 23 heavy (non-hydrogen) atoms. The predicted octanol–water partition coefficient (Wildman–Crippen LogP) is 2.53. The maximum Gasteiger partial charge on any atom is 0.263 e. The first kappa shape index (κ1) is 15.1. The molecule has 0 amide bonds. The number of hydrogen-bond acceptors (Lipinski definition) is 5. The van der Waals surface area contributed by atoms with Crippen molar-refractivity contribution in [2.45, 2.75) is 20.4 Å². The molecule has 0 bridgehead atoms. The number of nitrogens with one attached hydrogen (secondary N) is 2. The number of ether oxygens (including phenoxy) is 1. The van der Waals surface area contributed by atoms with Crippen LogP contribution in [0.3, 0.4) is 0 Å². The average Bonchev–Trinajstić information content (AvgIpc) is 2.91. The molecule has 3 rings (SSSR count). The predicted molar refractivity (Wildman–Crippen MR) is 89.3 cm³/mol. The van der Waals surface area contributed by atoms with Crippen LogP contribution in [0.5, 0.6) is 5.75 Å². The van der Waals surface area contributed by atoms with Gasteiger partial charge in [-0.05, 0) is 30.2 Å². The number of benzene rings is 1. The summed E-state index contributed by atoms with van der Waals surface area (Å²) in [5, 5.41) is 7.84. The molecule has 0 aliphatic rings. The van der Waals surface area contributed by atoms with Crippen LogP contribution in [0.25, 0.3) is 11.0 Å². The lowest BCUT2D eigenvalue weighted by molar-refractivity contribution is 0.415. The van der Waals surface area contributed by atoms with E-state index in [4.69, 9.17) is 4.74 Å². The largest absolute Gasteiger partial charge is 0.497 e. The molecule has 0 saturated carbocycles. The number of fused-ring (bicyclic) bond motifs is 1. The lowest BCUT2D eigenvalue weighted by Crippen LogP contribution is -2.13. The number of anilines is 2. The summed E-state index contributed by atoms with van der Waals surface area (Å²) in [4.78, 5) is 19.4. The van der Waals surface area contributed by atoms with E-state index in [1.807, 2.05) is 24.3 Å². The second-order valence-electron chi connectivity index (χ2n) is 5.73. The fraction of sp³-hybridized carbons (Fsp3) is 0.312. The lowest BCUT2D eigenvalue weighted by Gasteiger charge is -2.08. The minimum atomic E-state index is -0.207. The van der Waals surface area contributed by atoms with Crippen LogP contribution < -0.4 is 15.6 Å². The fourth-order valence-electron chi connectivity index (χ4n) is 2.32. The normalized spacial score (nSPS) is 11.1. The maximum absolute atomic E-state index is 12.2. The number of hydrogen-bond donors (Lipinski definition) is 2. The standard InChI is InChI=1S/C16H19N5O2/c1-10(2)9-21-14-13(8-17-21)15(22)20-16(19-14)18-11-4-6-12(23-3)7-5-11/h4-8,10H,9H2,1-3H3,(H2,18,19,20,22). The monoisotopic (exact) mass is 313 g/mol. The SMILES string of the molecule is COc1ccc(Nc2nc3c(cnn3CC(C)C)c(=O)[nH]2)cc1. The van der Waals surface area contributed by atoms with Crippen LogP contribution in [-0.4, -0.2) is 26.9 Å². The van der Waals surface area contributed by atoms with Crippen LogP contribution in [0.15, 0.2) is 35.3 Å². The Labute approximate surface area is 133 Å². The van der Waals surface area contributed by atoms with E-state index >= 15 is 0 Å². The maximum atomic E-state index is 12.2. The summed E-state index contributed by atoms with van der Waals surface area (Å²) in [5.41, 5.74) is 1.18. The Morgan fingerprint density at radius 1 is 1.30 bits per heavy atom. The Kier molecular flexibility index (Phi) is 4.01. The minimum absolute atomic E-state index is 0.207. The van der Waals surface area contributed by atoms with E-state index in [0.717, 1.165) is 11.4 Å². The summed E-state index contributed by atoms with van der Waals surface area (Å²) in [6.45, 7) is 4.90. The molecule has 7 heteroatoms. The molecule has 2 heterocycles. The van der Waals surface area contributed by atoms with E-state index < -0.39 is 0 Å². The van der Waals surface area contributed by atoms with E-state index in [1.54, 1.807) is 18.0 Å². The molecule has 1 aromatic carbocycles. The number of nitrogens with zero attached hydrogens (tertiary/aromatic N) is 3. The van der Waals surface area contributed by atoms with Gasteiger partial charge < -0.3 is 10.1 Å². The highest BCUT2D eigenvalue weighted by Crippen LogP contribution is 2.18. The molecule has 3 aromatic rings. The summed E-state index contributed by atoms with van der Waals surface area (Å²) < 4.78 is 6.88. The van der Waals surface area contributed by atoms with Crippen molar-refractivity contribution in [3.8, 4) is 5.75 Å². The molecule has 2 aromatic heterocycles. The van der Waals surface area contributed by atoms with Gasteiger partial charge in [-0.2, -0.15) is 10.1 Å². The highest BCUT2D eigenvalue weighted by Gasteiger charge is 2.11. The topological polar surface area (TPSA) is 84.8 Å². The molecule has 0 spiro atoms. The van der Waals surface area contributed by atoms with Gasteiger partial charge in [-0.1, -0.05) is 13.8 Å². The minimum Gasteiger partial charge on any atom is -0.497 e. The van der Waals surface area contributed by atoms with Crippen LogP contribution in [0.2, 0.25) is 0 Å². The molecular weight excluding hydrogens is 294 g/mol. The number of aromatic nitrogens is 4. The Hall–Kier alpha value is -2.83. The van der Waals surface area contributed by atoms with Crippen molar-refractivity contribution in [3.05, 3.63) is 40.8 Å². The van der Waals surface area contributed by atoms with Gasteiger partial charge in [0.2, 0.25) is 5.95 Å². The zero-order chi connectivity index (χ0) is 16.4. The molecule has 7 nitrogen and oxygen atoms in total. The molecule has 0 unspecified atom stereocenters. The molecule has 0 fully saturated rings. The Morgan fingerprint density at radius 3 is 2.70 bits per heavy atom. The van der Waals surface area contributed by atoms with Gasteiger partial charge in [0, 0.05) is 12.2 Å². The van der Waals surface area contributed by atoms with Crippen molar-refractivity contribution < 1.29 is 4.74 Å². The first-order chi connectivity index (χ1) is 11.1. The van der Waals surface area contributed by atoms with E-state index in [-0.39, 0.29) is 5.56 Å². The summed E-state index contributed by atoms with van der Waals surface area (Å²) in [6.07, 6.45) is 1.56. The Bertz CT molecular complexity index is 864. The van der Waals surface area contributed by atoms with Crippen molar-refractivity contribution in [1.29, 1.82) is 0 Å². The van der Waals surface area contributed by atoms with Gasteiger partial charge >= 0.3 is 0 Å². The van der Waals surface area contributed by atoms with Gasteiger partial charge in [-0.3, -0.25) is 9.78 Å². The van der Waals surface area contributed by atoms with Gasteiger partial charge in [0.25, 0.3) is 5.56 Å². The van der Waals surface area contributed by atoms with Crippen molar-refractivity contribution in [1.82, 2.24) is 19.7 Å². The number of aromatic amines is 1. The summed E-state index contributed by atoms with van der Waals surface area (Å²) in [5.74, 6) is 1.57. The molecule has 0 aliphatic carbocycles. The summed E-state index contributed by atoms with van der Waals surface area (Å²) in [7, 11) is 1.62. The quantitative estimate of drug-likeness (QED) is 0.756. The van der Waals surface area contributed by atoms with Gasteiger partial charge in [-0.25, -0.2) is 4.68 Å². The van der Waals surface area contributed by atoms with E-state index in [2.05, 4.69) is 34.2 Å². The first-order valence-corrected chi connectivity index (χ1v) is 7.43. The van der Waals surface area contributed by atoms with Gasteiger partial charge in [-0.15, -0.1) is 0 Å². The molecule has 120 valence electrons. The molecule has 0 saturated heterocycles. The zero-order valence-corrected chi connectivity index (χ0v) is 13.3. The van der Waals surface area contributed by atoms with Gasteiger partial charge in [0.15, 0.2) is 5.65 Å². The van der Waals surface area contributed by atoms with Crippen LogP contribution in [-0.2, 0) is 6.54 Å². The molecule has 0 radical (unpaired) electrons. The van der Waals surface area contributed by atoms with Crippen molar-refractivity contribution in [2.24, 2.45) is 5.92 Å². The highest BCUT2D eigenvalue weighted by atomic mass is 16.5. The molecular formula is C16H19N5O2. The second kappa shape index (κ2) is 6.12. The van der Waals surface area contributed by atoms with Gasteiger partial charge in [0.1, 0.15) is 11.1 Å². The van der Waals surface area contributed by atoms with E-state index in [0.29, 0.717) is 29.4 Å². The zero-order valence-electron chi connectivity index (χ0n) is 13.3. The molecule has 0 aliphatic heterocycles. The third-order valence-electron chi connectivity index (χ3n) is 3.40. The summed E-state index contributed by atoms with van der Waals surface area (Å²) >= 11 is 0. The average molecular weight is 313 g/mol. The molecule has 2 N–H and O–H groups in total. The highest BCUT2D eigenvalue weighted by molar-refractivity contribution is 5.75. The Morgan fingerprint density at radius 2 is 2.04 bits per heavy atom. The van der Waals surface area contributed by atoms with Crippen molar-refractivity contribution in [2.75, 3.05) is 12.4 Å². The third kappa shape index (κ3) is 3.18. The van der Waals surface area contributed by atoms with E-state index in [9.17, 15) is 4.79 Å². The fourth-order valence-corrected chi connectivity index (χ4v) is 2.32. The second-order valence-corrected chi connectivity index (χ2v) is 5.73. The van der Waals surface area contributed by atoms with Crippen LogP contribution in [0.4, 0.5) is 11.6 Å². The molecule has 0 atom stereocenters. The van der Waals surface area contributed by atoms with Crippen LogP contribution in [0.1, 0.15) is 13.8 Å². The smallest absolute Gasteiger partial charge is 0.263 e.